The number of nitro benzene ring substituents is 1. The number of nitro groups is 1. The SMILES string of the molecule is Cc1ccc(C(=O)N(C)CC(=O)N2CCNCC2)cc1[N+](=O)[O-].Cl. The highest BCUT2D eigenvalue weighted by Crippen LogP contribution is 2.20. The molecule has 1 aliphatic rings. The lowest BCUT2D eigenvalue weighted by molar-refractivity contribution is -0.385. The monoisotopic (exact) mass is 356 g/mol. The number of carbonyl (C=O) groups excluding carboxylic acids is 2. The Bertz CT molecular complexity index is 632. The Morgan fingerprint density at radius 1 is 1.33 bits per heavy atom. The van der Waals surface area contributed by atoms with Crippen molar-refractivity contribution in [3.05, 3.63) is 39.4 Å². The average molecular weight is 357 g/mol. The molecule has 1 saturated heterocycles. The molecule has 2 amide bonds. The summed E-state index contributed by atoms with van der Waals surface area (Å²) in [6.07, 6.45) is 0. The van der Waals surface area contributed by atoms with Gasteiger partial charge in [-0.2, -0.15) is 0 Å². The first-order valence-electron chi connectivity index (χ1n) is 7.39. The van der Waals surface area contributed by atoms with Crippen LogP contribution in [0.2, 0.25) is 0 Å². The largest absolute Gasteiger partial charge is 0.339 e. The summed E-state index contributed by atoms with van der Waals surface area (Å²) < 4.78 is 0. The number of piperazine rings is 1. The lowest BCUT2D eigenvalue weighted by Crippen LogP contribution is -2.49. The van der Waals surface area contributed by atoms with E-state index >= 15 is 0 Å². The van der Waals surface area contributed by atoms with Crippen LogP contribution in [0.15, 0.2) is 18.2 Å². The number of hydrogen-bond donors (Lipinski definition) is 1. The lowest BCUT2D eigenvalue weighted by Gasteiger charge is -2.29. The van der Waals surface area contributed by atoms with Gasteiger partial charge < -0.3 is 15.1 Å². The molecule has 0 spiro atoms. The number of halogens is 1. The zero-order valence-corrected chi connectivity index (χ0v) is 14.5. The highest BCUT2D eigenvalue weighted by Gasteiger charge is 2.22. The van der Waals surface area contributed by atoms with Gasteiger partial charge in [0.15, 0.2) is 0 Å². The van der Waals surface area contributed by atoms with Gasteiger partial charge in [-0.25, -0.2) is 0 Å². The second kappa shape index (κ2) is 8.60. The molecule has 1 N–H and O–H groups in total. The Morgan fingerprint density at radius 3 is 2.54 bits per heavy atom. The summed E-state index contributed by atoms with van der Waals surface area (Å²) >= 11 is 0. The third-order valence-electron chi connectivity index (χ3n) is 3.84. The van der Waals surface area contributed by atoms with E-state index in [2.05, 4.69) is 5.32 Å². The van der Waals surface area contributed by atoms with Crippen LogP contribution in [-0.2, 0) is 4.79 Å². The molecule has 132 valence electrons. The van der Waals surface area contributed by atoms with Crippen LogP contribution in [-0.4, -0.2) is 66.3 Å². The minimum Gasteiger partial charge on any atom is -0.339 e. The number of amides is 2. The summed E-state index contributed by atoms with van der Waals surface area (Å²) in [4.78, 5) is 38.0. The molecule has 0 unspecified atom stereocenters. The molecule has 0 atom stereocenters. The van der Waals surface area contributed by atoms with Gasteiger partial charge in [0, 0.05) is 50.4 Å². The van der Waals surface area contributed by atoms with Crippen molar-refractivity contribution in [1.82, 2.24) is 15.1 Å². The zero-order valence-electron chi connectivity index (χ0n) is 13.7. The number of nitrogens with zero attached hydrogens (tertiary/aromatic N) is 3. The van der Waals surface area contributed by atoms with Crippen LogP contribution in [0.4, 0.5) is 5.69 Å². The number of aryl methyl sites for hydroxylation is 1. The Hall–Kier alpha value is -2.19. The Kier molecular flexibility index (Phi) is 7.12. The van der Waals surface area contributed by atoms with Crippen molar-refractivity contribution >= 4 is 29.9 Å². The third-order valence-corrected chi connectivity index (χ3v) is 3.84. The Morgan fingerprint density at radius 2 is 1.96 bits per heavy atom. The van der Waals surface area contributed by atoms with Crippen molar-refractivity contribution in [2.24, 2.45) is 0 Å². The minimum absolute atomic E-state index is 0. The molecule has 0 aromatic heterocycles. The second-order valence-electron chi connectivity index (χ2n) is 5.55. The molecule has 0 bridgehead atoms. The second-order valence-corrected chi connectivity index (χ2v) is 5.55. The summed E-state index contributed by atoms with van der Waals surface area (Å²) in [5, 5.41) is 14.1. The predicted molar refractivity (Wildman–Crippen MR) is 91.5 cm³/mol. The highest BCUT2D eigenvalue weighted by atomic mass is 35.5. The van der Waals surface area contributed by atoms with E-state index in [0.29, 0.717) is 18.7 Å². The average Bonchev–Trinajstić information content (AvgIpc) is 2.55. The van der Waals surface area contributed by atoms with E-state index < -0.39 is 10.8 Å². The minimum atomic E-state index is -0.516. The molecule has 9 heteroatoms. The quantitative estimate of drug-likeness (QED) is 0.636. The van der Waals surface area contributed by atoms with Gasteiger partial charge in [-0.15, -0.1) is 12.4 Å². The van der Waals surface area contributed by atoms with E-state index in [4.69, 9.17) is 0 Å². The van der Waals surface area contributed by atoms with Crippen LogP contribution in [0.25, 0.3) is 0 Å². The Labute approximate surface area is 146 Å². The van der Waals surface area contributed by atoms with Gasteiger partial charge in [0.2, 0.25) is 5.91 Å². The maximum atomic E-state index is 12.4. The zero-order chi connectivity index (χ0) is 17.0. The van der Waals surface area contributed by atoms with Crippen molar-refractivity contribution in [3.8, 4) is 0 Å². The van der Waals surface area contributed by atoms with Gasteiger partial charge in [0.1, 0.15) is 0 Å². The fourth-order valence-corrected chi connectivity index (χ4v) is 2.45. The summed E-state index contributed by atoms with van der Waals surface area (Å²) in [6, 6.07) is 4.33. The predicted octanol–water partition coefficient (Wildman–Crippen LogP) is 0.829. The molecule has 0 radical (unpaired) electrons. The third kappa shape index (κ3) is 4.65. The number of rotatable bonds is 4. The Balaban J connectivity index is 0.00000288. The van der Waals surface area contributed by atoms with E-state index in [1.807, 2.05) is 0 Å². The van der Waals surface area contributed by atoms with Crippen molar-refractivity contribution in [3.63, 3.8) is 0 Å². The molecule has 24 heavy (non-hydrogen) atoms. The smallest absolute Gasteiger partial charge is 0.273 e. The summed E-state index contributed by atoms with van der Waals surface area (Å²) in [5.74, 6) is -0.527. The van der Waals surface area contributed by atoms with E-state index in [0.717, 1.165) is 13.1 Å². The van der Waals surface area contributed by atoms with E-state index in [-0.39, 0.29) is 36.1 Å². The molecule has 2 rings (SSSR count). The van der Waals surface area contributed by atoms with Gasteiger partial charge in [-0.05, 0) is 13.0 Å². The first-order valence-corrected chi connectivity index (χ1v) is 7.39. The van der Waals surface area contributed by atoms with E-state index in [9.17, 15) is 19.7 Å². The number of nitrogens with one attached hydrogen (secondary N) is 1. The summed E-state index contributed by atoms with van der Waals surface area (Å²) in [7, 11) is 1.52. The molecule has 0 saturated carbocycles. The first kappa shape index (κ1) is 19.9. The molecular formula is C15H21ClN4O4. The molecule has 1 fully saturated rings. The van der Waals surface area contributed by atoms with E-state index in [1.54, 1.807) is 11.8 Å². The van der Waals surface area contributed by atoms with Crippen LogP contribution in [0.1, 0.15) is 15.9 Å². The van der Waals surface area contributed by atoms with Crippen molar-refractivity contribution < 1.29 is 14.5 Å². The van der Waals surface area contributed by atoms with Crippen LogP contribution in [0.5, 0.6) is 0 Å². The van der Waals surface area contributed by atoms with Gasteiger partial charge >= 0.3 is 0 Å². The molecule has 1 aromatic carbocycles. The topological polar surface area (TPSA) is 95.8 Å². The maximum Gasteiger partial charge on any atom is 0.273 e. The normalized spacial score (nSPS) is 13.8. The van der Waals surface area contributed by atoms with Gasteiger partial charge in [-0.3, -0.25) is 19.7 Å². The maximum absolute atomic E-state index is 12.4. The fraction of sp³-hybridized carbons (Fsp3) is 0.467. The molecule has 1 aromatic rings. The molecule has 1 aliphatic heterocycles. The standard InChI is InChI=1S/C15H20N4O4.ClH/c1-11-3-4-12(9-13(11)19(22)23)15(21)17(2)10-14(20)18-7-5-16-6-8-18;/h3-4,9,16H,5-8,10H2,1-2H3;1H. The van der Waals surface area contributed by atoms with Crippen LogP contribution >= 0.6 is 12.4 Å². The van der Waals surface area contributed by atoms with Gasteiger partial charge in [0.05, 0.1) is 11.5 Å². The van der Waals surface area contributed by atoms with Gasteiger partial charge in [0.25, 0.3) is 11.6 Å². The number of benzene rings is 1. The van der Waals surface area contributed by atoms with Crippen LogP contribution in [0.3, 0.4) is 0 Å². The summed E-state index contributed by atoms with van der Waals surface area (Å²) in [5.41, 5.74) is 0.599. The van der Waals surface area contributed by atoms with Crippen LogP contribution in [0, 0.1) is 17.0 Å². The number of carbonyl (C=O) groups is 2. The van der Waals surface area contributed by atoms with Crippen molar-refractivity contribution in [2.75, 3.05) is 39.8 Å². The molecular weight excluding hydrogens is 336 g/mol. The molecule has 8 nitrogen and oxygen atoms in total. The highest BCUT2D eigenvalue weighted by molar-refractivity contribution is 5.97. The fourth-order valence-electron chi connectivity index (χ4n) is 2.45. The van der Waals surface area contributed by atoms with E-state index in [1.165, 1.54) is 30.1 Å². The van der Waals surface area contributed by atoms with Crippen molar-refractivity contribution in [1.29, 1.82) is 0 Å². The van der Waals surface area contributed by atoms with Gasteiger partial charge in [-0.1, -0.05) is 6.07 Å². The first-order chi connectivity index (χ1) is 10.9. The van der Waals surface area contributed by atoms with Crippen LogP contribution < -0.4 is 5.32 Å². The molecule has 0 aliphatic carbocycles. The number of likely N-dealkylation sites (N-methyl/N-ethyl adjacent to an activating group) is 1. The van der Waals surface area contributed by atoms with Crippen molar-refractivity contribution in [2.45, 2.75) is 6.92 Å². The number of hydrogen-bond acceptors (Lipinski definition) is 5. The molecule has 1 heterocycles. The summed E-state index contributed by atoms with van der Waals surface area (Å²) in [6.45, 7) is 4.30. The lowest BCUT2D eigenvalue weighted by atomic mass is 10.1.